The molecular formula is C11H12N2O3. The molecule has 1 aromatic carbocycles. The topological polar surface area (TPSA) is 82.3 Å². The Bertz CT molecular complexity index is 398. The minimum absolute atomic E-state index is 0.102. The Labute approximate surface area is 93.3 Å². The van der Waals surface area contributed by atoms with E-state index in [1.54, 1.807) is 24.3 Å². The van der Waals surface area contributed by atoms with Gasteiger partial charge in [-0.3, -0.25) is 4.79 Å². The molecule has 0 unspecified atom stereocenters. The zero-order chi connectivity index (χ0) is 11.8. The Kier molecular flexibility index (Phi) is 4.83. The summed E-state index contributed by atoms with van der Waals surface area (Å²) in [5.41, 5.74) is 0.480. The summed E-state index contributed by atoms with van der Waals surface area (Å²) in [7, 11) is 0. The second-order valence-electron chi connectivity index (χ2n) is 3.00. The quantitative estimate of drug-likeness (QED) is 0.734. The molecule has 0 aliphatic rings. The van der Waals surface area contributed by atoms with E-state index in [0.717, 1.165) is 0 Å². The van der Waals surface area contributed by atoms with Crippen molar-refractivity contribution in [3.05, 3.63) is 29.8 Å². The van der Waals surface area contributed by atoms with Crippen molar-refractivity contribution >= 4 is 5.91 Å². The SMILES string of the molecule is N#Cc1cccc(OCC(=O)NCCO)c1. The first-order chi connectivity index (χ1) is 7.76. The van der Waals surface area contributed by atoms with E-state index in [-0.39, 0.29) is 25.7 Å². The van der Waals surface area contributed by atoms with Crippen molar-refractivity contribution in [2.75, 3.05) is 19.8 Å². The maximum atomic E-state index is 11.1. The minimum atomic E-state index is -0.309. The summed E-state index contributed by atoms with van der Waals surface area (Å²) in [6.07, 6.45) is 0. The molecule has 0 fully saturated rings. The van der Waals surface area contributed by atoms with Gasteiger partial charge in [0.05, 0.1) is 18.2 Å². The number of ether oxygens (including phenoxy) is 1. The number of hydrogen-bond donors (Lipinski definition) is 2. The molecule has 84 valence electrons. The fraction of sp³-hybridized carbons (Fsp3) is 0.273. The Balaban J connectivity index is 2.42. The summed E-state index contributed by atoms with van der Waals surface area (Å²) in [4.78, 5) is 11.1. The third kappa shape index (κ3) is 3.98. The molecule has 1 amide bonds. The van der Waals surface area contributed by atoms with Gasteiger partial charge in [-0.2, -0.15) is 5.26 Å². The van der Waals surface area contributed by atoms with Crippen LogP contribution in [0.5, 0.6) is 5.75 Å². The van der Waals surface area contributed by atoms with Crippen LogP contribution in [0.1, 0.15) is 5.56 Å². The van der Waals surface area contributed by atoms with Gasteiger partial charge in [-0.1, -0.05) is 6.07 Å². The third-order valence-electron chi connectivity index (χ3n) is 1.77. The number of nitrogens with one attached hydrogen (secondary N) is 1. The van der Waals surface area contributed by atoms with Crippen LogP contribution in [-0.2, 0) is 4.79 Å². The predicted molar refractivity (Wildman–Crippen MR) is 56.7 cm³/mol. The number of nitriles is 1. The van der Waals surface area contributed by atoms with Crippen LogP contribution in [0.25, 0.3) is 0 Å². The van der Waals surface area contributed by atoms with Gasteiger partial charge in [-0.15, -0.1) is 0 Å². The van der Waals surface area contributed by atoms with Gasteiger partial charge in [0, 0.05) is 6.54 Å². The van der Waals surface area contributed by atoms with E-state index in [4.69, 9.17) is 15.1 Å². The molecular weight excluding hydrogens is 208 g/mol. The van der Waals surface area contributed by atoms with Gasteiger partial charge in [0.15, 0.2) is 6.61 Å². The lowest BCUT2D eigenvalue weighted by Crippen LogP contribution is -2.31. The lowest BCUT2D eigenvalue weighted by molar-refractivity contribution is -0.123. The molecule has 2 N–H and O–H groups in total. The molecule has 0 saturated heterocycles. The molecule has 0 heterocycles. The van der Waals surface area contributed by atoms with Gasteiger partial charge in [0.25, 0.3) is 5.91 Å². The number of carbonyl (C=O) groups is 1. The molecule has 0 radical (unpaired) electrons. The second-order valence-corrected chi connectivity index (χ2v) is 3.00. The molecule has 0 saturated carbocycles. The smallest absolute Gasteiger partial charge is 0.258 e. The van der Waals surface area contributed by atoms with Crippen molar-refractivity contribution in [2.45, 2.75) is 0 Å². The molecule has 16 heavy (non-hydrogen) atoms. The van der Waals surface area contributed by atoms with Gasteiger partial charge < -0.3 is 15.2 Å². The third-order valence-corrected chi connectivity index (χ3v) is 1.77. The highest BCUT2D eigenvalue weighted by molar-refractivity contribution is 5.77. The molecule has 0 aliphatic heterocycles. The Morgan fingerprint density at radius 3 is 3.06 bits per heavy atom. The number of amides is 1. The Morgan fingerprint density at radius 2 is 2.38 bits per heavy atom. The highest BCUT2D eigenvalue weighted by Gasteiger charge is 2.02. The summed E-state index contributed by atoms with van der Waals surface area (Å²) < 4.78 is 5.16. The van der Waals surface area contributed by atoms with Gasteiger partial charge in [0.1, 0.15) is 5.75 Å². The number of aliphatic hydroxyl groups is 1. The standard InChI is InChI=1S/C11H12N2O3/c12-7-9-2-1-3-10(6-9)16-8-11(15)13-4-5-14/h1-3,6,14H,4-5,8H2,(H,13,15). The van der Waals surface area contributed by atoms with Crippen molar-refractivity contribution in [3.63, 3.8) is 0 Å². The zero-order valence-electron chi connectivity index (χ0n) is 8.64. The highest BCUT2D eigenvalue weighted by Crippen LogP contribution is 2.11. The molecule has 5 nitrogen and oxygen atoms in total. The van der Waals surface area contributed by atoms with E-state index in [1.165, 1.54) is 0 Å². The van der Waals surface area contributed by atoms with Gasteiger partial charge >= 0.3 is 0 Å². The molecule has 1 rings (SSSR count). The number of carbonyl (C=O) groups excluding carboxylic acids is 1. The van der Waals surface area contributed by atoms with Crippen molar-refractivity contribution in [2.24, 2.45) is 0 Å². The van der Waals surface area contributed by atoms with Crippen LogP contribution in [0.4, 0.5) is 0 Å². The van der Waals surface area contributed by atoms with Crippen LogP contribution < -0.4 is 10.1 Å². The predicted octanol–water partition coefficient (Wildman–Crippen LogP) is 0.0456. The van der Waals surface area contributed by atoms with Gasteiger partial charge in [0.2, 0.25) is 0 Å². The average molecular weight is 220 g/mol. The largest absolute Gasteiger partial charge is 0.484 e. The molecule has 0 spiro atoms. The van der Waals surface area contributed by atoms with Crippen LogP contribution in [-0.4, -0.2) is 30.8 Å². The first kappa shape index (κ1) is 12.0. The van der Waals surface area contributed by atoms with Gasteiger partial charge in [-0.05, 0) is 18.2 Å². The van der Waals surface area contributed by atoms with E-state index < -0.39 is 0 Å². The van der Waals surface area contributed by atoms with Crippen molar-refractivity contribution < 1.29 is 14.6 Å². The number of nitrogens with zero attached hydrogens (tertiary/aromatic N) is 1. The van der Waals surface area contributed by atoms with E-state index in [2.05, 4.69) is 5.32 Å². The molecule has 0 aromatic heterocycles. The maximum Gasteiger partial charge on any atom is 0.258 e. The lowest BCUT2D eigenvalue weighted by Gasteiger charge is -2.06. The Morgan fingerprint density at radius 1 is 1.56 bits per heavy atom. The molecule has 0 aliphatic carbocycles. The highest BCUT2D eigenvalue weighted by atomic mass is 16.5. The van der Waals surface area contributed by atoms with Gasteiger partial charge in [-0.25, -0.2) is 0 Å². The maximum absolute atomic E-state index is 11.1. The van der Waals surface area contributed by atoms with Crippen molar-refractivity contribution in [1.29, 1.82) is 5.26 Å². The first-order valence-corrected chi connectivity index (χ1v) is 4.77. The first-order valence-electron chi connectivity index (χ1n) is 4.77. The summed E-state index contributed by atoms with van der Waals surface area (Å²) in [5, 5.41) is 19.6. The van der Waals surface area contributed by atoms with Crippen molar-refractivity contribution in [1.82, 2.24) is 5.32 Å². The zero-order valence-corrected chi connectivity index (χ0v) is 8.64. The summed E-state index contributed by atoms with van der Waals surface area (Å²) in [6, 6.07) is 8.53. The normalized spacial score (nSPS) is 9.25. The summed E-state index contributed by atoms with van der Waals surface area (Å²) >= 11 is 0. The number of aliphatic hydroxyl groups excluding tert-OH is 1. The number of rotatable bonds is 5. The lowest BCUT2D eigenvalue weighted by atomic mass is 10.2. The van der Waals surface area contributed by atoms with E-state index in [9.17, 15) is 4.79 Å². The van der Waals surface area contributed by atoms with E-state index in [0.29, 0.717) is 11.3 Å². The minimum Gasteiger partial charge on any atom is -0.484 e. The van der Waals surface area contributed by atoms with Crippen LogP contribution in [0, 0.1) is 11.3 Å². The molecule has 1 aromatic rings. The number of hydrogen-bond acceptors (Lipinski definition) is 4. The van der Waals surface area contributed by atoms with Crippen molar-refractivity contribution in [3.8, 4) is 11.8 Å². The Hall–Kier alpha value is -2.06. The van der Waals surface area contributed by atoms with Crippen LogP contribution >= 0.6 is 0 Å². The van der Waals surface area contributed by atoms with E-state index in [1.807, 2.05) is 6.07 Å². The fourth-order valence-corrected chi connectivity index (χ4v) is 1.05. The summed E-state index contributed by atoms with van der Waals surface area (Å²) in [6.45, 7) is -0.0228. The fourth-order valence-electron chi connectivity index (χ4n) is 1.05. The number of benzene rings is 1. The van der Waals surface area contributed by atoms with Crippen LogP contribution in [0.3, 0.4) is 0 Å². The van der Waals surface area contributed by atoms with Crippen LogP contribution in [0.15, 0.2) is 24.3 Å². The average Bonchev–Trinajstić information content (AvgIpc) is 2.34. The monoisotopic (exact) mass is 220 g/mol. The molecule has 0 atom stereocenters. The van der Waals surface area contributed by atoms with E-state index >= 15 is 0 Å². The second kappa shape index (κ2) is 6.43. The molecule has 0 bridgehead atoms. The summed E-state index contributed by atoms with van der Waals surface area (Å²) in [5.74, 6) is 0.162. The molecule has 5 heteroatoms. The van der Waals surface area contributed by atoms with Crippen LogP contribution in [0.2, 0.25) is 0 Å².